The van der Waals surface area contributed by atoms with Crippen LogP contribution in [0.5, 0.6) is 5.75 Å². The van der Waals surface area contributed by atoms with Gasteiger partial charge in [-0.15, -0.1) is 0 Å². The lowest BCUT2D eigenvalue weighted by Gasteiger charge is -2.15. The van der Waals surface area contributed by atoms with Gasteiger partial charge in [-0.25, -0.2) is 0 Å². The molecular weight excluding hydrogens is 328 g/mol. The van der Waals surface area contributed by atoms with Crippen molar-refractivity contribution in [3.8, 4) is 5.75 Å². The van der Waals surface area contributed by atoms with Crippen molar-refractivity contribution in [3.63, 3.8) is 0 Å². The largest absolute Gasteiger partial charge is 0.492 e. The highest BCUT2D eigenvalue weighted by Crippen LogP contribution is 2.21. The van der Waals surface area contributed by atoms with E-state index in [1.807, 2.05) is 54.6 Å². The fraction of sp³-hybridized carbons (Fsp3) is 0.238. The summed E-state index contributed by atoms with van der Waals surface area (Å²) >= 11 is 0. The van der Waals surface area contributed by atoms with Crippen LogP contribution in [0.1, 0.15) is 18.4 Å². The van der Waals surface area contributed by atoms with Crippen molar-refractivity contribution in [1.29, 1.82) is 0 Å². The number of carbonyl (C=O) groups is 2. The van der Waals surface area contributed by atoms with Crippen molar-refractivity contribution in [2.45, 2.75) is 12.8 Å². The van der Waals surface area contributed by atoms with Gasteiger partial charge in [0.2, 0.25) is 11.8 Å². The fourth-order valence-corrected chi connectivity index (χ4v) is 2.78. The molecule has 0 aromatic heterocycles. The second-order valence-corrected chi connectivity index (χ2v) is 6.03. The molecule has 1 aliphatic heterocycles. The second kappa shape index (κ2) is 8.85. The molecule has 0 radical (unpaired) electrons. The number of nitrogens with one attached hydrogen (secondary N) is 1. The first kappa shape index (κ1) is 17.7. The average Bonchev–Trinajstić information content (AvgIpc) is 3.11. The van der Waals surface area contributed by atoms with Gasteiger partial charge in [0.1, 0.15) is 12.4 Å². The summed E-state index contributed by atoms with van der Waals surface area (Å²) in [7, 11) is 0. The van der Waals surface area contributed by atoms with E-state index in [0.717, 1.165) is 30.0 Å². The molecule has 2 amide bonds. The highest BCUT2D eigenvalue weighted by atomic mass is 16.5. The van der Waals surface area contributed by atoms with Crippen LogP contribution in [0.25, 0.3) is 6.08 Å². The first-order valence-electron chi connectivity index (χ1n) is 8.76. The van der Waals surface area contributed by atoms with Gasteiger partial charge >= 0.3 is 0 Å². The van der Waals surface area contributed by atoms with Gasteiger partial charge in [0.25, 0.3) is 0 Å². The minimum atomic E-state index is -0.166. The summed E-state index contributed by atoms with van der Waals surface area (Å²) in [5, 5.41) is 2.78. The highest BCUT2D eigenvalue weighted by Gasteiger charge is 2.21. The molecule has 0 bridgehead atoms. The standard InChI is InChI=1S/C21H22N2O3/c24-20(22-14-16-26-19-5-2-1-3-6-19)13-10-17-8-11-18(12-9-17)23-15-4-7-21(23)25/h1-3,5-6,8-13H,4,7,14-16H2,(H,22,24)/b13-10+. The first-order valence-corrected chi connectivity index (χ1v) is 8.76. The second-order valence-electron chi connectivity index (χ2n) is 6.03. The van der Waals surface area contributed by atoms with Gasteiger partial charge in [-0.2, -0.15) is 0 Å². The lowest BCUT2D eigenvalue weighted by Crippen LogP contribution is -2.26. The Hall–Kier alpha value is -3.08. The van der Waals surface area contributed by atoms with E-state index in [2.05, 4.69) is 5.32 Å². The molecule has 5 heteroatoms. The zero-order valence-corrected chi connectivity index (χ0v) is 14.6. The molecule has 26 heavy (non-hydrogen) atoms. The molecular formula is C21H22N2O3. The summed E-state index contributed by atoms with van der Waals surface area (Å²) < 4.78 is 5.52. The Labute approximate surface area is 153 Å². The topological polar surface area (TPSA) is 58.6 Å². The lowest BCUT2D eigenvalue weighted by molar-refractivity contribution is -0.117. The van der Waals surface area contributed by atoms with E-state index in [0.29, 0.717) is 19.6 Å². The van der Waals surface area contributed by atoms with Gasteiger partial charge in [0.05, 0.1) is 6.54 Å². The fourth-order valence-electron chi connectivity index (χ4n) is 2.78. The number of amides is 2. The molecule has 0 atom stereocenters. The van der Waals surface area contributed by atoms with Gasteiger partial charge in [-0.1, -0.05) is 30.3 Å². The van der Waals surface area contributed by atoms with Crippen LogP contribution in [0.15, 0.2) is 60.7 Å². The Morgan fingerprint density at radius 1 is 1.12 bits per heavy atom. The molecule has 1 fully saturated rings. The quantitative estimate of drug-likeness (QED) is 0.617. The van der Waals surface area contributed by atoms with Crippen molar-refractivity contribution >= 4 is 23.6 Å². The maximum absolute atomic E-state index is 11.8. The Bertz CT molecular complexity index is 770. The molecule has 0 aliphatic carbocycles. The number of para-hydroxylation sites is 1. The van der Waals surface area contributed by atoms with Crippen LogP contribution >= 0.6 is 0 Å². The summed E-state index contributed by atoms with van der Waals surface area (Å²) in [6.07, 6.45) is 4.78. The van der Waals surface area contributed by atoms with Gasteiger partial charge in [0, 0.05) is 24.7 Å². The summed E-state index contributed by atoms with van der Waals surface area (Å²) in [5.74, 6) is 0.791. The molecule has 1 N–H and O–H groups in total. The molecule has 134 valence electrons. The first-order chi connectivity index (χ1) is 12.7. The lowest BCUT2D eigenvalue weighted by atomic mass is 10.2. The van der Waals surface area contributed by atoms with Crippen LogP contribution in [-0.4, -0.2) is 31.5 Å². The van der Waals surface area contributed by atoms with Crippen LogP contribution in [0, 0.1) is 0 Å². The molecule has 1 aliphatic rings. The number of nitrogens with zero attached hydrogens (tertiary/aromatic N) is 1. The zero-order chi connectivity index (χ0) is 18.2. The number of anilines is 1. The monoisotopic (exact) mass is 350 g/mol. The Morgan fingerprint density at radius 3 is 2.58 bits per heavy atom. The van der Waals surface area contributed by atoms with Crippen molar-refractivity contribution < 1.29 is 14.3 Å². The van der Waals surface area contributed by atoms with Gasteiger partial charge in [0.15, 0.2) is 0 Å². The van der Waals surface area contributed by atoms with Crippen LogP contribution in [0.4, 0.5) is 5.69 Å². The molecule has 3 rings (SSSR count). The van der Waals surface area contributed by atoms with Gasteiger partial charge < -0.3 is 15.0 Å². The molecule has 5 nitrogen and oxygen atoms in total. The van der Waals surface area contributed by atoms with E-state index >= 15 is 0 Å². The molecule has 1 saturated heterocycles. The highest BCUT2D eigenvalue weighted by molar-refractivity contribution is 5.95. The molecule has 0 saturated carbocycles. The van der Waals surface area contributed by atoms with E-state index in [4.69, 9.17) is 4.74 Å². The smallest absolute Gasteiger partial charge is 0.244 e. The summed E-state index contributed by atoms with van der Waals surface area (Å²) in [6, 6.07) is 17.1. The Morgan fingerprint density at radius 2 is 1.88 bits per heavy atom. The van der Waals surface area contributed by atoms with E-state index in [1.54, 1.807) is 11.0 Å². The predicted molar refractivity (Wildman–Crippen MR) is 102 cm³/mol. The molecule has 0 spiro atoms. The van der Waals surface area contributed by atoms with E-state index < -0.39 is 0 Å². The third kappa shape index (κ3) is 4.96. The van der Waals surface area contributed by atoms with Crippen LogP contribution in [0.3, 0.4) is 0 Å². The van der Waals surface area contributed by atoms with Gasteiger partial charge in [-0.05, 0) is 42.3 Å². The maximum atomic E-state index is 11.8. The number of hydrogen-bond donors (Lipinski definition) is 1. The zero-order valence-electron chi connectivity index (χ0n) is 14.6. The van der Waals surface area contributed by atoms with Crippen molar-refractivity contribution in [2.75, 3.05) is 24.6 Å². The predicted octanol–water partition coefficient (Wildman–Crippen LogP) is 3.02. The number of ether oxygens (including phenoxy) is 1. The summed E-state index contributed by atoms with van der Waals surface area (Å²) in [4.78, 5) is 25.4. The minimum absolute atomic E-state index is 0.166. The van der Waals surface area contributed by atoms with Crippen molar-refractivity contribution in [3.05, 3.63) is 66.2 Å². The molecule has 2 aromatic carbocycles. The number of carbonyl (C=O) groups excluding carboxylic acids is 2. The molecule has 1 heterocycles. The molecule has 0 unspecified atom stereocenters. The maximum Gasteiger partial charge on any atom is 0.244 e. The van der Waals surface area contributed by atoms with Gasteiger partial charge in [-0.3, -0.25) is 9.59 Å². The van der Waals surface area contributed by atoms with Crippen molar-refractivity contribution in [2.24, 2.45) is 0 Å². The third-order valence-electron chi connectivity index (χ3n) is 4.12. The van der Waals surface area contributed by atoms with E-state index in [-0.39, 0.29) is 11.8 Å². The minimum Gasteiger partial charge on any atom is -0.492 e. The van der Waals surface area contributed by atoms with Crippen LogP contribution in [0.2, 0.25) is 0 Å². The van der Waals surface area contributed by atoms with Crippen LogP contribution < -0.4 is 15.0 Å². The van der Waals surface area contributed by atoms with E-state index in [9.17, 15) is 9.59 Å². The van der Waals surface area contributed by atoms with E-state index in [1.165, 1.54) is 6.08 Å². The summed E-state index contributed by atoms with van der Waals surface area (Å²) in [6.45, 7) is 1.64. The third-order valence-corrected chi connectivity index (χ3v) is 4.12. The number of rotatable bonds is 7. The number of benzene rings is 2. The summed E-state index contributed by atoms with van der Waals surface area (Å²) in [5.41, 5.74) is 1.82. The molecule has 2 aromatic rings. The Balaban J connectivity index is 1.42. The average molecular weight is 350 g/mol. The van der Waals surface area contributed by atoms with Crippen molar-refractivity contribution in [1.82, 2.24) is 5.32 Å². The SMILES string of the molecule is O=C(/C=C/c1ccc(N2CCCC2=O)cc1)NCCOc1ccccc1. The van der Waals surface area contributed by atoms with Crippen LogP contribution in [-0.2, 0) is 9.59 Å². The number of hydrogen-bond acceptors (Lipinski definition) is 3. The Kier molecular flexibility index (Phi) is 6.04. The normalized spacial score (nSPS) is 14.0.